The number of nitrogens with two attached hydrogens (primary N) is 1. The van der Waals surface area contributed by atoms with E-state index in [0.29, 0.717) is 36.7 Å². The first-order valence-electron chi connectivity index (χ1n) is 13.7. The van der Waals surface area contributed by atoms with Gasteiger partial charge < -0.3 is 34.5 Å². The fourth-order valence-electron chi connectivity index (χ4n) is 3.56. The molecule has 0 amide bonds. The highest BCUT2D eigenvalue weighted by molar-refractivity contribution is 5.75. The van der Waals surface area contributed by atoms with Crippen LogP contribution >= 0.6 is 0 Å². The van der Waals surface area contributed by atoms with Crippen molar-refractivity contribution in [3.63, 3.8) is 0 Å². The first-order valence-corrected chi connectivity index (χ1v) is 13.7. The number of hydrogen-bond acceptors (Lipinski definition) is 10. The molecular formula is C29H45NO10. The highest BCUT2D eigenvalue weighted by atomic mass is 16.7. The van der Waals surface area contributed by atoms with Crippen LogP contribution in [0.4, 0.5) is 9.59 Å². The minimum atomic E-state index is -1.38. The van der Waals surface area contributed by atoms with E-state index in [-0.39, 0.29) is 37.2 Å². The van der Waals surface area contributed by atoms with Crippen molar-refractivity contribution < 1.29 is 48.0 Å². The molecule has 0 saturated heterocycles. The topological polar surface area (TPSA) is 161 Å². The van der Waals surface area contributed by atoms with Crippen molar-refractivity contribution in [2.24, 2.45) is 29.4 Å². The minimum Gasteiger partial charge on any atom is -0.480 e. The first-order chi connectivity index (χ1) is 18.8. The smallest absolute Gasteiger partial charge is 0.480 e. The normalized spacial score (nSPS) is 14.2. The SMILES string of the molecule is CCC(C)C(=O)OCC(C)C(c1ccc(OC(=O)OCCC(C)C)c(OC(=O)OCCC(C)C)c1)[C@H](N)C(=O)O. The lowest BCUT2D eigenvalue weighted by atomic mass is 9.82. The highest BCUT2D eigenvalue weighted by Crippen LogP contribution is 2.36. The molecule has 0 aromatic heterocycles. The van der Waals surface area contributed by atoms with Crippen molar-refractivity contribution in [3.8, 4) is 11.5 Å². The van der Waals surface area contributed by atoms with Gasteiger partial charge in [-0.2, -0.15) is 0 Å². The predicted octanol–water partition coefficient (Wildman–Crippen LogP) is 5.53. The Balaban J connectivity index is 3.29. The van der Waals surface area contributed by atoms with Gasteiger partial charge >= 0.3 is 24.2 Å². The van der Waals surface area contributed by atoms with Crippen molar-refractivity contribution in [3.05, 3.63) is 23.8 Å². The van der Waals surface area contributed by atoms with E-state index in [9.17, 15) is 24.3 Å². The molecule has 1 aromatic rings. The Morgan fingerprint density at radius 3 is 1.82 bits per heavy atom. The van der Waals surface area contributed by atoms with Gasteiger partial charge in [-0.3, -0.25) is 9.59 Å². The van der Waals surface area contributed by atoms with Crippen LogP contribution in [0.15, 0.2) is 18.2 Å². The second-order valence-corrected chi connectivity index (χ2v) is 10.8. The van der Waals surface area contributed by atoms with E-state index < -0.39 is 42.1 Å². The number of aliphatic carboxylic acids is 1. The Labute approximate surface area is 236 Å². The van der Waals surface area contributed by atoms with Crippen LogP contribution in [-0.4, -0.2) is 55.2 Å². The zero-order valence-corrected chi connectivity index (χ0v) is 24.6. The molecule has 0 radical (unpaired) electrons. The Morgan fingerprint density at radius 1 is 0.825 bits per heavy atom. The van der Waals surface area contributed by atoms with Crippen molar-refractivity contribution in [1.29, 1.82) is 0 Å². The van der Waals surface area contributed by atoms with Crippen molar-refractivity contribution in [2.45, 2.75) is 79.7 Å². The van der Waals surface area contributed by atoms with Gasteiger partial charge in [0.15, 0.2) is 11.5 Å². The first kappa shape index (κ1) is 34.7. The van der Waals surface area contributed by atoms with Gasteiger partial charge in [-0.1, -0.05) is 54.5 Å². The summed E-state index contributed by atoms with van der Waals surface area (Å²) in [5.74, 6) is -3.06. The molecular weight excluding hydrogens is 522 g/mol. The van der Waals surface area contributed by atoms with Crippen LogP contribution < -0.4 is 15.2 Å². The number of esters is 1. The molecule has 3 N–H and O–H groups in total. The quantitative estimate of drug-likeness (QED) is 0.147. The monoisotopic (exact) mass is 567 g/mol. The summed E-state index contributed by atoms with van der Waals surface area (Å²) in [7, 11) is 0. The summed E-state index contributed by atoms with van der Waals surface area (Å²) in [6, 6.07) is 2.85. The molecule has 0 aliphatic rings. The molecule has 0 aliphatic heterocycles. The van der Waals surface area contributed by atoms with Crippen LogP contribution in [0.5, 0.6) is 11.5 Å². The number of carboxylic acids is 1. The number of rotatable bonds is 16. The zero-order valence-electron chi connectivity index (χ0n) is 24.6. The van der Waals surface area contributed by atoms with Gasteiger partial charge in [0, 0.05) is 5.92 Å². The molecule has 40 heavy (non-hydrogen) atoms. The molecule has 226 valence electrons. The Kier molecular flexibility index (Phi) is 15.1. The van der Waals surface area contributed by atoms with Crippen molar-refractivity contribution in [2.75, 3.05) is 19.8 Å². The van der Waals surface area contributed by atoms with E-state index in [1.54, 1.807) is 13.8 Å². The Hall–Kier alpha value is -3.34. The molecule has 4 atom stereocenters. The second-order valence-electron chi connectivity index (χ2n) is 10.8. The third-order valence-electron chi connectivity index (χ3n) is 6.36. The maximum Gasteiger partial charge on any atom is 0.513 e. The van der Waals surface area contributed by atoms with Crippen LogP contribution in [0, 0.1) is 23.7 Å². The molecule has 0 fully saturated rings. The van der Waals surface area contributed by atoms with Crippen LogP contribution in [0.25, 0.3) is 0 Å². The summed E-state index contributed by atoms with van der Waals surface area (Å²) in [6.45, 7) is 13.4. The van der Waals surface area contributed by atoms with Gasteiger partial charge in [0.05, 0.1) is 25.7 Å². The van der Waals surface area contributed by atoms with E-state index in [1.165, 1.54) is 18.2 Å². The van der Waals surface area contributed by atoms with Crippen molar-refractivity contribution in [1.82, 2.24) is 0 Å². The van der Waals surface area contributed by atoms with Crippen LogP contribution in [0.1, 0.15) is 79.2 Å². The van der Waals surface area contributed by atoms with E-state index >= 15 is 0 Å². The summed E-state index contributed by atoms with van der Waals surface area (Å²) in [4.78, 5) is 48.8. The molecule has 0 heterocycles. The Bertz CT molecular complexity index is 978. The molecule has 11 heteroatoms. The van der Waals surface area contributed by atoms with Crippen LogP contribution in [0.2, 0.25) is 0 Å². The molecule has 0 aliphatic carbocycles. The molecule has 1 rings (SSSR count). The molecule has 0 spiro atoms. The third-order valence-corrected chi connectivity index (χ3v) is 6.36. The van der Waals surface area contributed by atoms with Gasteiger partial charge in [0.1, 0.15) is 6.04 Å². The summed E-state index contributed by atoms with van der Waals surface area (Å²) >= 11 is 0. The predicted molar refractivity (Wildman–Crippen MR) is 147 cm³/mol. The molecule has 0 bridgehead atoms. The summed E-state index contributed by atoms with van der Waals surface area (Å²) in [5, 5.41) is 9.69. The summed E-state index contributed by atoms with van der Waals surface area (Å²) in [6.07, 6.45) is -0.168. The highest BCUT2D eigenvalue weighted by Gasteiger charge is 2.33. The lowest BCUT2D eigenvalue weighted by Gasteiger charge is -2.28. The fourth-order valence-corrected chi connectivity index (χ4v) is 3.56. The van der Waals surface area contributed by atoms with E-state index in [4.69, 9.17) is 29.4 Å². The third kappa shape index (κ3) is 12.2. The van der Waals surface area contributed by atoms with E-state index in [1.807, 2.05) is 34.6 Å². The lowest BCUT2D eigenvalue weighted by molar-refractivity contribution is -0.149. The van der Waals surface area contributed by atoms with Crippen LogP contribution in [-0.2, 0) is 23.8 Å². The second kappa shape index (κ2) is 17.4. The van der Waals surface area contributed by atoms with Gasteiger partial charge in [0.25, 0.3) is 0 Å². The lowest BCUT2D eigenvalue weighted by Crippen LogP contribution is -2.40. The van der Waals surface area contributed by atoms with E-state index in [0.717, 1.165) is 0 Å². The maximum atomic E-state index is 12.4. The van der Waals surface area contributed by atoms with Crippen LogP contribution in [0.3, 0.4) is 0 Å². The fraction of sp³-hybridized carbons (Fsp3) is 0.655. The Morgan fingerprint density at radius 2 is 1.35 bits per heavy atom. The largest absolute Gasteiger partial charge is 0.513 e. The maximum absolute atomic E-state index is 12.4. The number of carbonyl (C=O) groups excluding carboxylic acids is 3. The average Bonchev–Trinajstić information content (AvgIpc) is 2.87. The molecule has 0 saturated carbocycles. The van der Waals surface area contributed by atoms with Gasteiger partial charge in [-0.25, -0.2) is 9.59 Å². The number of hydrogen-bond donors (Lipinski definition) is 2. The number of carbonyl (C=O) groups is 4. The van der Waals surface area contributed by atoms with Gasteiger partial charge in [-0.15, -0.1) is 0 Å². The standard InChI is InChI=1S/C29H45NO10/c1-8-19(6)27(33)38-16-20(7)24(25(30)26(31)32)21-9-10-22(39-28(34)36-13-11-17(2)3)23(15-21)40-29(35)37-14-12-18(4)5/h9-10,15,17-20,24-25H,8,11-14,16,30H2,1-7H3,(H,31,32)/t19?,20?,24?,25-/m0/s1. The zero-order chi connectivity index (χ0) is 30.4. The average molecular weight is 568 g/mol. The number of benzene rings is 1. The van der Waals surface area contributed by atoms with Crippen molar-refractivity contribution >= 4 is 24.2 Å². The summed E-state index contributed by atoms with van der Waals surface area (Å²) < 4.78 is 26.3. The van der Waals surface area contributed by atoms with Gasteiger partial charge in [0.2, 0.25) is 0 Å². The number of carboxylic acid groups (broad SMARTS) is 1. The molecule has 3 unspecified atom stereocenters. The van der Waals surface area contributed by atoms with Gasteiger partial charge in [-0.05, 0) is 54.7 Å². The molecule has 11 nitrogen and oxygen atoms in total. The number of ether oxygens (including phenoxy) is 5. The molecule has 1 aromatic carbocycles. The minimum absolute atomic E-state index is 0.0807. The summed E-state index contributed by atoms with van der Waals surface area (Å²) in [5.41, 5.74) is 6.42. The van der Waals surface area contributed by atoms with E-state index in [2.05, 4.69) is 0 Å².